The highest BCUT2D eigenvalue weighted by Gasteiger charge is 2.26. The molecule has 1 N–H and O–H groups in total. The highest BCUT2D eigenvalue weighted by Crippen LogP contribution is 2.36. The molecule has 1 aliphatic heterocycles. The van der Waals surface area contributed by atoms with Crippen molar-refractivity contribution in [3.63, 3.8) is 0 Å². The van der Waals surface area contributed by atoms with Crippen molar-refractivity contribution in [3.8, 4) is 5.75 Å². The van der Waals surface area contributed by atoms with Gasteiger partial charge < -0.3 is 10.1 Å². The summed E-state index contributed by atoms with van der Waals surface area (Å²) in [6.07, 6.45) is 1.44. The van der Waals surface area contributed by atoms with Crippen molar-refractivity contribution in [3.05, 3.63) is 28.7 Å². The molecule has 2 rings (SSSR count). The maximum Gasteiger partial charge on any atom is 0.254 e. The molecule has 1 aliphatic rings. The number of nitrogens with one attached hydrogen (secondary N) is 1. The standard InChI is InChI=1S/C11H11NO4S/c1-12-11(13)8-3-4-9-7(10(8)16-2)5-6-17(9,14)15/h3-6H,1-2H3,(H,12,13). The molecule has 0 aliphatic carbocycles. The van der Waals surface area contributed by atoms with Gasteiger partial charge in [0.25, 0.3) is 5.91 Å². The Bertz CT molecular complexity index is 617. The van der Waals surface area contributed by atoms with E-state index in [0.29, 0.717) is 11.1 Å². The fourth-order valence-electron chi connectivity index (χ4n) is 1.75. The minimum Gasteiger partial charge on any atom is -0.495 e. The molecule has 1 amide bonds. The van der Waals surface area contributed by atoms with Crippen molar-refractivity contribution in [1.82, 2.24) is 5.32 Å². The molecule has 0 spiro atoms. The van der Waals surface area contributed by atoms with E-state index in [2.05, 4.69) is 5.32 Å². The van der Waals surface area contributed by atoms with Gasteiger partial charge in [0.15, 0.2) is 0 Å². The Kier molecular flexibility index (Phi) is 2.66. The first-order chi connectivity index (χ1) is 8.01. The lowest BCUT2D eigenvalue weighted by Gasteiger charge is -2.11. The first-order valence-electron chi connectivity index (χ1n) is 4.87. The molecule has 0 fully saturated rings. The quantitative estimate of drug-likeness (QED) is 0.846. The number of hydrogen-bond donors (Lipinski definition) is 1. The predicted molar refractivity (Wildman–Crippen MR) is 62.6 cm³/mol. The number of hydrogen-bond acceptors (Lipinski definition) is 4. The fraction of sp³-hybridized carbons (Fsp3) is 0.182. The lowest BCUT2D eigenvalue weighted by molar-refractivity contribution is 0.0960. The van der Waals surface area contributed by atoms with E-state index in [4.69, 9.17) is 4.74 Å². The number of benzene rings is 1. The van der Waals surface area contributed by atoms with Crippen molar-refractivity contribution < 1.29 is 17.9 Å². The average molecular weight is 253 g/mol. The van der Waals surface area contributed by atoms with Crippen LogP contribution in [0.1, 0.15) is 15.9 Å². The molecule has 90 valence electrons. The zero-order valence-electron chi connectivity index (χ0n) is 9.35. The van der Waals surface area contributed by atoms with Crippen LogP contribution >= 0.6 is 0 Å². The van der Waals surface area contributed by atoms with Crippen molar-refractivity contribution in [2.24, 2.45) is 0 Å². The Labute approximate surface area is 99.0 Å². The van der Waals surface area contributed by atoms with E-state index in [1.807, 2.05) is 0 Å². The molecule has 0 saturated heterocycles. The minimum absolute atomic E-state index is 0.169. The van der Waals surface area contributed by atoms with Crippen LogP contribution in [0.3, 0.4) is 0 Å². The maximum atomic E-state index is 11.6. The van der Waals surface area contributed by atoms with E-state index in [0.717, 1.165) is 5.41 Å². The summed E-state index contributed by atoms with van der Waals surface area (Å²) < 4.78 is 28.4. The summed E-state index contributed by atoms with van der Waals surface area (Å²) in [5.41, 5.74) is 0.740. The van der Waals surface area contributed by atoms with E-state index in [9.17, 15) is 13.2 Å². The van der Waals surface area contributed by atoms with Gasteiger partial charge >= 0.3 is 0 Å². The first-order valence-corrected chi connectivity index (χ1v) is 6.42. The van der Waals surface area contributed by atoms with Gasteiger partial charge in [-0.3, -0.25) is 4.79 Å². The monoisotopic (exact) mass is 253 g/mol. The Morgan fingerprint density at radius 3 is 2.65 bits per heavy atom. The summed E-state index contributed by atoms with van der Waals surface area (Å²) in [4.78, 5) is 11.8. The number of amides is 1. The minimum atomic E-state index is -3.38. The zero-order valence-corrected chi connectivity index (χ0v) is 10.2. The second kappa shape index (κ2) is 3.89. The third kappa shape index (κ3) is 1.70. The molecule has 0 unspecified atom stereocenters. The lowest BCUT2D eigenvalue weighted by atomic mass is 10.1. The smallest absolute Gasteiger partial charge is 0.254 e. The normalized spacial score (nSPS) is 15.4. The molecule has 6 heteroatoms. The van der Waals surface area contributed by atoms with Crippen molar-refractivity contribution in [2.75, 3.05) is 14.2 Å². The van der Waals surface area contributed by atoms with E-state index in [1.54, 1.807) is 0 Å². The van der Waals surface area contributed by atoms with Crippen LogP contribution < -0.4 is 10.1 Å². The van der Waals surface area contributed by atoms with Gasteiger partial charge in [-0.1, -0.05) is 0 Å². The first kappa shape index (κ1) is 11.7. The molecule has 17 heavy (non-hydrogen) atoms. The van der Waals surface area contributed by atoms with E-state index in [1.165, 1.54) is 32.4 Å². The van der Waals surface area contributed by atoms with Crippen molar-refractivity contribution >= 4 is 21.8 Å². The topological polar surface area (TPSA) is 72.5 Å². The van der Waals surface area contributed by atoms with Crippen LogP contribution in [0.2, 0.25) is 0 Å². The van der Waals surface area contributed by atoms with Crippen LogP contribution in [0.25, 0.3) is 6.08 Å². The number of fused-ring (bicyclic) bond motifs is 1. The summed E-state index contributed by atoms with van der Waals surface area (Å²) in [5, 5.41) is 3.58. The van der Waals surface area contributed by atoms with Gasteiger partial charge in [-0.25, -0.2) is 8.42 Å². The van der Waals surface area contributed by atoms with Crippen LogP contribution in [-0.2, 0) is 9.84 Å². The summed E-state index contributed by atoms with van der Waals surface area (Å²) in [5.74, 6) is -0.0403. The van der Waals surface area contributed by atoms with Gasteiger partial charge in [0.2, 0.25) is 9.84 Å². The second-order valence-electron chi connectivity index (χ2n) is 3.49. The molecule has 0 saturated carbocycles. The number of sulfone groups is 1. The van der Waals surface area contributed by atoms with Crippen LogP contribution in [0, 0.1) is 0 Å². The Morgan fingerprint density at radius 2 is 2.06 bits per heavy atom. The molecular weight excluding hydrogens is 242 g/mol. The Morgan fingerprint density at radius 1 is 1.35 bits per heavy atom. The average Bonchev–Trinajstić information content (AvgIpc) is 2.63. The molecule has 1 aromatic carbocycles. The fourth-order valence-corrected chi connectivity index (χ4v) is 2.94. The van der Waals surface area contributed by atoms with E-state index >= 15 is 0 Å². The van der Waals surface area contributed by atoms with E-state index < -0.39 is 9.84 Å². The molecule has 0 bridgehead atoms. The SMILES string of the molecule is CNC(=O)c1ccc2c(c1OC)C=CS2(=O)=O. The van der Waals surface area contributed by atoms with Crippen LogP contribution in [0.4, 0.5) is 0 Å². The van der Waals surface area contributed by atoms with Crippen LogP contribution in [0.15, 0.2) is 22.4 Å². The summed E-state index contributed by atoms with van der Waals surface area (Å²) >= 11 is 0. The van der Waals surface area contributed by atoms with Crippen LogP contribution in [0.5, 0.6) is 5.75 Å². The maximum absolute atomic E-state index is 11.6. The molecule has 1 heterocycles. The van der Waals surface area contributed by atoms with Gasteiger partial charge in [0.05, 0.1) is 17.6 Å². The van der Waals surface area contributed by atoms with Gasteiger partial charge in [-0.2, -0.15) is 0 Å². The summed E-state index contributed by atoms with van der Waals surface area (Å²) in [6.45, 7) is 0. The van der Waals surface area contributed by atoms with Crippen molar-refractivity contribution in [1.29, 1.82) is 0 Å². The van der Waals surface area contributed by atoms with E-state index in [-0.39, 0.29) is 16.6 Å². The molecular formula is C11H11NO4S. The Hall–Kier alpha value is -1.82. The predicted octanol–water partition coefficient (Wildman–Crippen LogP) is 0.813. The van der Waals surface area contributed by atoms with Gasteiger partial charge in [0.1, 0.15) is 5.75 Å². The third-order valence-electron chi connectivity index (χ3n) is 2.55. The number of rotatable bonds is 2. The van der Waals surface area contributed by atoms with Gasteiger partial charge in [0, 0.05) is 18.0 Å². The number of methoxy groups -OCH3 is 1. The Balaban J connectivity index is 2.72. The molecule has 0 atom stereocenters. The molecule has 0 radical (unpaired) electrons. The zero-order chi connectivity index (χ0) is 12.6. The lowest BCUT2D eigenvalue weighted by Crippen LogP contribution is -2.19. The second-order valence-corrected chi connectivity index (χ2v) is 5.29. The highest BCUT2D eigenvalue weighted by molar-refractivity contribution is 7.94. The van der Waals surface area contributed by atoms with Crippen molar-refractivity contribution in [2.45, 2.75) is 4.90 Å². The highest BCUT2D eigenvalue weighted by atomic mass is 32.2. The van der Waals surface area contributed by atoms with Gasteiger partial charge in [-0.05, 0) is 18.2 Å². The summed E-state index contributed by atoms with van der Waals surface area (Å²) in [6, 6.07) is 2.86. The van der Waals surface area contributed by atoms with Crippen LogP contribution in [-0.4, -0.2) is 28.5 Å². The largest absolute Gasteiger partial charge is 0.495 e. The van der Waals surface area contributed by atoms with Gasteiger partial charge in [-0.15, -0.1) is 0 Å². The molecule has 1 aromatic rings. The molecule has 0 aromatic heterocycles. The molecule has 5 nitrogen and oxygen atoms in total. The third-order valence-corrected chi connectivity index (χ3v) is 4.02. The number of ether oxygens (including phenoxy) is 1. The summed E-state index contributed by atoms with van der Waals surface area (Å²) in [7, 11) is -0.474. The number of carbonyl (C=O) groups excluding carboxylic acids is 1. The number of carbonyl (C=O) groups is 1.